The Bertz CT molecular complexity index is 1080. The number of carbonyl (C=O) groups excluding carboxylic acids is 1. The number of carbonyl (C=O) groups is 1. The van der Waals surface area contributed by atoms with E-state index in [4.69, 9.17) is 0 Å². The average Bonchev–Trinajstić information content (AvgIpc) is 3.29. The predicted octanol–water partition coefficient (Wildman–Crippen LogP) is 5.13. The lowest BCUT2D eigenvalue weighted by Crippen LogP contribution is -2.27. The number of thiophene rings is 1. The van der Waals surface area contributed by atoms with Gasteiger partial charge >= 0.3 is 0 Å². The number of aromatic nitrogens is 1. The smallest absolute Gasteiger partial charge is 0.240 e. The van der Waals surface area contributed by atoms with E-state index in [0.29, 0.717) is 6.54 Å². The molecule has 0 atom stereocenters. The summed E-state index contributed by atoms with van der Waals surface area (Å²) < 4.78 is 15.6. The van der Waals surface area contributed by atoms with Gasteiger partial charge in [-0.1, -0.05) is 35.9 Å². The first kappa shape index (κ1) is 17.5. The second kappa shape index (κ2) is 7.37. The van der Waals surface area contributed by atoms with Crippen molar-refractivity contribution in [1.29, 1.82) is 0 Å². The zero-order valence-corrected chi connectivity index (χ0v) is 15.7. The number of amides is 1. The number of benzene rings is 2. The molecule has 136 valence electrons. The third-order valence-electron chi connectivity index (χ3n) is 4.55. The van der Waals surface area contributed by atoms with Gasteiger partial charge in [0.2, 0.25) is 5.91 Å². The largest absolute Gasteiger partial charge is 0.350 e. The zero-order valence-electron chi connectivity index (χ0n) is 14.9. The second-order valence-corrected chi connectivity index (χ2v) is 7.51. The number of halogens is 1. The molecule has 0 unspecified atom stereocenters. The Morgan fingerprint density at radius 1 is 1.11 bits per heavy atom. The summed E-state index contributed by atoms with van der Waals surface area (Å²) in [5.74, 6) is -0.351. The van der Waals surface area contributed by atoms with Gasteiger partial charge in [0, 0.05) is 17.4 Å². The normalized spacial score (nSPS) is 11.0. The SMILES string of the molecule is Cc1ccc(CNC(=O)Cn2c(-c3cccs3)cc3cc(F)ccc32)cc1. The van der Waals surface area contributed by atoms with E-state index >= 15 is 0 Å². The molecule has 0 aliphatic heterocycles. The van der Waals surface area contributed by atoms with Crippen LogP contribution in [0.4, 0.5) is 4.39 Å². The summed E-state index contributed by atoms with van der Waals surface area (Å²) in [5, 5.41) is 5.77. The molecular weight excluding hydrogens is 359 g/mol. The van der Waals surface area contributed by atoms with Crippen LogP contribution in [0, 0.1) is 12.7 Å². The topological polar surface area (TPSA) is 34.0 Å². The van der Waals surface area contributed by atoms with Gasteiger partial charge in [0.25, 0.3) is 0 Å². The highest BCUT2D eigenvalue weighted by Crippen LogP contribution is 2.31. The quantitative estimate of drug-likeness (QED) is 0.513. The standard InChI is InChI=1S/C22H19FN2OS/c1-15-4-6-16(7-5-15)13-24-22(26)14-25-19-9-8-18(23)11-17(19)12-20(25)21-3-2-10-27-21/h2-12H,13-14H2,1H3,(H,24,26). The van der Waals surface area contributed by atoms with Gasteiger partial charge in [0.05, 0.1) is 10.6 Å². The number of hydrogen-bond acceptors (Lipinski definition) is 2. The first-order valence-electron chi connectivity index (χ1n) is 8.75. The molecule has 0 fully saturated rings. The second-order valence-electron chi connectivity index (χ2n) is 6.56. The van der Waals surface area contributed by atoms with Crippen LogP contribution in [-0.4, -0.2) is 10.5 Å². The van der Waals surface area contributed by atoms with Gasteiger partial charge < -0.3 is 9.88 Å². The van der Waals surface area contributed by atoms with Crippen molar-refractivity contribution < 1.29 is 9.18 Å². The fourth-order valence-electron chi connectivity index (χ4n) is 3.15. The third-order valence-corrected chi connectivity index (χ3v) is 5.44. The lowest BCUT2D eigenvalue weighted by Gasteiger charge is -2.11. The molecule has 4 rings (SSSR count). The molecular formula is C22H19FN2OS. The maximum atomic E-state index is 13.6. The molecule has 5 heteroatoms. The lowest BCUT2D eigenvalue weighted by atomic mass is 10.1. The molecule has 0 aliphatic rings. The van der Waals surface area contributed by atoms with Crippen LogP contribution in [0.1, 0.15) is 11.1 Å². The number of fused-ring (bicyclic) bond motifs is 1. The summed E-state index contributed by atoms with van der Waals surface area (Å²) in [4.78, 5) is 13.6. The maximum Gasteiger partial charge on any atom is 0.240 e. The van der Waals surface area contributed by atoms with Crippen LogP contribution in [0.3, 0.4) is 0 Å². The molecule has 2 heterocycles. The van der Waals surface area contributed by atoms with Gasteiger partial charge in [-0.25, -0.2) is 4.39 Å². The number of rotatable bonds is 5. The first-order valence-corrected chi connectivity index (χ1v) is 9.63. The molecule has 0 bridgehead atoms. The summed E-state index contributed by atoms with van der Waals surface area (Å²) in [7, 11) is 0. The van der Waals surface area contributed by atoms with E-state index in [1.165, 1.54) is 17.7 Å². The Hall–Kier alpha value is -2.92. The molecule has 27 heavy (non-hydrogen) atoms. The van der Waals surface area contributed by atoms with Crippen LogP contribution in [-0.2, 0) is 17.9 Å². The maximum absolute atomic E-state index is 13.6. The molecule has 0 spiro atoms. The van der Waals surface area contributed by atoms with Gasteiger partial charge in [0.15, 0.2) is 0 Å². The minimum Gasteiger partial charge on any atom is -0.350 e. The Balaban J connectivity index is 1.59. The highest BCUT2D eigenvalue weighted by molar-refractivity contribution is 7.13. The molecule has 0 saturated heterocycles. The van der Waals surface area contributed by atoms with Crippen molar-refractivity contribution >= 4 is 28.1 Å². The Labute approximate surface area is 161 Å². The van der Waals surface area contributed by atoms with Crippen molar-refractivity contribution in [1.82, 2.24) is 9.88 Å². The number of nitrogens with one attached hydrogen (secondary N) is 1. The lowest BCUT2D eigenvalue weighted by molar-refractivity contribution is -0.121. The van der Waals surface area contributed by atoms with Crippen LogP contribution in [0.25, 0.3) is 21.5 Å². The van der Waals surface area contributed by atoms with Gasteiger partial charge in [-0.2, -0.15) is 0 Å². The van der Waals surface area contributed by atoms with E-state index in [2.05, 4.69) is 5.32 Å². The Morgan fingerprint density at radius 2 is 1.93 bits per heavy atom. The van der Waals surface area contributed by atoms with Gasteiger partial charge in [-0.15, -0.1) is 11.3 Å². The summed E-state index contributed by atoms with van der Waals surface area (Å²) in [6.07, 6.45) is 0. The molecule has 3 nitrogen and oxygen atoms in total. The van der Waals surface area contributed by atoms with E-state index in [9.17, 15) is 9.18 Å². The third kappa shape index (κ3) is 3.78. The van der Waals surface area contributed by atoms with Crippen molar-refractivity contribution in [3.05, 3.63) is 83.0 Å². The van der Waals surface area contributed by atoms with E-state index < -0.39 is 0 Å². The zero-order chi connectivity index (χ0) is 18.8. The monoisotopic (exact) mass is 378 g/mol. The van der Waals surface area contributed by atoms with Crippen LogP contribution in [0.15, 0.2) is 66.0 Å². The molecule has 4 aromatic rings. The first-order chi connectivity index (χ1) is 13.1. The van der Waals surface area contributed by atoms with Gasteiger partial charge in [-0.05, 0) is 48.2 Å². The summed E-state index contributed by atoms with van der Waals surface area (Å²) in [5.41, 5.74) is 4.03. The van der Waals surface area contributed by atoms with Crippen molar-refractivity contribution in [2.75, 3.05) is 0 Å². The molecule has 0 radical (unpaired) electrons. The minimum atomic E-state index is -0.277. The fraction of sp³-hybridized carbons (Fsp3) is 0.136. The van der Waals surface area contributed by atoms with Crippen LogP contribution in [0.2, 0.25) is 0 Å². The molecule has 0 aliphatic carbocycles. The van der Waals surface area contributed by atoms with Crippen LogP contribution < -0.4 is 5.32 Å². The summed E-state index contributed by atoms with van der Waals surface area (Å²) in [6.45, 7) is 2.71. The molecule has 0 saturated carbocycles. The molecule has 1 N–H and O–H groups in total. The Morgan fingerprint density at radius 3 is 2.67 bits per heavy atom. The van der Waals surface area contributed by atoms with Crippen molar-refractivity contribution in [3.63, 3.8) is 0 Å². The summed E-state index contributed by atoms with van der Waals surface area (Å²) in [6, 6.07) is 18.7. The molecule has 1 amide bonds. The van der Waals surface area contributed by atoms with Gasteiger partial charge in [0.1, 0.15) is 12.4 Å². The van der Waals surface area contributed by atoms with Gasteiger partial charge in [-0.3, -0.25) is 4.79 Å². The van der Waals surface area contributed by atoms with E-state index in [-0.39, 0.29) is 18.3 Å². The summed E-state index contributed by atoms with van der Waals surface area (Å²) >= 11 is 1.60. The number of hydrogen-bond donors (Lipinski definition) is 1. The minimum absolute atomic E-state index is 0.0739. The highest BCUT2D eigenvalue weighted by Gasteiger charge is 2.15. The van der Waals surface area contributed by atoms with Crippen LogP contribution >= 0.6 is 11.3 Å². The molecule has 2 aromatic heterocycles. The van der Waals surface area contributed by atoms with Crippen molar-refractivity contribution in [2.45, 2.75) is 20.0 Å². The number of aryl methyl sites for hydroxylation is 1. The molecule has 2 aromatic carbocycles. The predicted molar refractivity (Wildman–Crippen MR) is 108 cm³/mol. The van der Waals surface area contributed by atoms with Crippen molar-refractivity contribution in [2.24, 2.45) is 0 Å². The van der Waals surface area contributed by atoms with E-state index in [1.54, 1.807) is 17.4 Å². The van der Waals surface area contributed by atoms with Crippen molar-refractivity contribution in [3.8, 4) is 10.6 Å². The fourth-order valence-corrected chi connectivity index (χ4v) is 3.90. The highest BCUT2D eigenvalue weighted by atomic mass is 32.1. The average molecular weight is 378 g/mol. The number of nitrogens with zero attached hydrogens (tertiary/aromatic N) is 1. The van der Waals surface area contributed by atoms with Crippen LogP contribution in [0.5, 0.6) is 0 Å². The Kier molecular flexibility index (Phi) is 4.77. The van der Waals surface area contributed by atoms with E-state index in [0.717, 1.165) is 27.0 Å². The van der Waals surface area contributed by atoms with E-state index in [1.807, 2.05) is 59.3 Å².